The lowest BCUT2D eigenvalue weighted by Crippen LogP contribution is -2.43. The smallest absolute Gasteiger partial charge is 0.422 e. The fourth-order valence-corrected chi connectivity index (χ4v) is 2.01. The van der Waals surface area contributed by atoms with Gasteiger partial charge in [-0.25, -0.2) is 4.98 Å². The summed E-state index contributed by atoms with van der Waals surface area (Å²) in [5.74, 6) is -0.274. The highest BCUT2D eigenvalue weighted by atomic mass is 19.4. The van der Waals surface area contributed by atoms with Gasteiger partial charge in [0.15, 0.2) is 6.61 Å². The zero-order valence-electron chi connectivity index (χ0n) is 12.4. The molecule has 0 spiro atoms. The number of carbonyl (C=O) groups excluding carboxylic acids is 1. The van der Waals surface area contributed by atoms with Crippen molar-refractivity contribution in [3.8, 4) is 5.88 Å². The van der Waals surface area contributed by atoms with E-state index in [-0.39, 0.29) is 24.9 Å². The number of aromatic nitrogens is 1. The van der Waals surface area contributed by atoms with E-state index in [4.69, 9.17) is 4.74 Å². The van der Waals surface area contributed by atoms with E-state index in [1.807, 2.05) is 4.90 Å². The first-order chi connectivity index (χ1) is 10.9. The minimum Gasteiger partial charge on any atom is -0.468 e. The first-order valence-electron chi connectivity index (χ1n) is 7.14. The molecule has 128 valence electrons. The molecule has 0 atom stereocenters. The standard InChI is InChI=1S/C14H18F3N3O3/c15-14(16,17)10-23-13-7-11(1-2-18-13)8-19-12(21)9-20-3-5-22-6-4-20/h1-2,7H,3-6,8-10H2,(H,19,21). The van der Waals surface area contributed by atoms with Gasteiger partial charge in [-0.3, -0.25) is 9.69 Å². The van der Waals surface area contributed by atoms with Gasteiger partial charge in [-0.15, -0.1) is 0 Å². The van der Waals surface area contributed by atoms with Crippen molar-refractivity contribution in [1.29, 1.82) is 0 Å². The average molecular weight is 333 g/mol. The van der Waals surface area contributed by atoms with E-state index in [0.29, 0.717) is 31.9 Å². The molecule has 1 fully saturated rings. The molecular weight excluding hydrogens is 315 g/mol. The van der Waals surface area contributed by atoms with Crippen molar-refractivity contribution in [2.45, 2.75) is 12.7 Å². The van der Waals surface area contributed by atoms with Crippen LogP contribution in [-0.4, -0.2) is 61.4 Å². The Bertz CT molecular complexity index is 519. The third-order valence-corrected chi connectivity index (χ3v) is 3.14. The summed E-state index contributed by atoms with van der Waals surface area (Å²) in [5, 5.41) is 2.72. The van der Waals surface area contributed by atoms with Gasteiger partial charge in [0.2, 0.25) is 11.8 Å². The maximum atomic E-state index is 12.1. The molecule has 1 aromatic heterocycles. The highest BCUT2D eigenvalue weighted by Crippen LogP contribution is 2.17. The van der Waals surface area contributed by atoms with Gasteiger partial charge in [-0.2, -0.15) is 13.2 Å². The molecule has 0 bridgehead atoms. The van der Waals surface area contributed by atoms with Crippen LogP contribution in [0.4, 0.5) is 13.2 Å². The van der Waals surface area contributed by atoms with E-state index in [1.54, 1.807) is 6.07 Å². The average Bonchev–Trinajstić information content (AvgIpc) is 2.52. The fourth-order valence-electron chi connectivity index (χ4n) is 2.01. The van der Waals surface area contributed by atoms with Gasteiger partial charge in [0.25, 0.3) is 0 Å². The van der Waals surface area contributed by atoms with Gasteiger partial charge < -0.3 is 14.8 Å². The van der Waals surface area contributed by atoms with Crippen LogP contribution >= 0.6 is 0 Å². The van der Waals surface area contributed by atoms with Crippen LogP contribution < -0.4 is 10.1 Å². The summed E-state index contributed by atoms with van der Waals surface area (Å²) >= 11 is 0. The van der Waals surface area contributed by atoms with E-state index in [1.165, 1.54) is 12.3 Å². The molecule has 2 heterocycles. The van der Waals surface area contributed by atoms with Crippen LogP contribution in [0, 0.1) is 0 Å². The molecule has 0 aliphatic carbocycles. The number of amides is 1. The van der Waals surface area contributed by atoms with Crippen LogP contribution in [-0.2, 0) is 16.1 Å². The summed E-state index contributed by atoms with van der Waals surface area (Å²) in [5.41, 5.74) is 0.618. The third kappa shape index (κ3) is 6.83. The molecule has 1 saturated heterocycles. The molecule has 23 heavy (non-hydrogen) atoms. The molecule has 1 aliphatic rings. The number of pyridine rings is 1. The topological polar surface area (TPSA) is 63.7 Å². The fraction of sp³-hybridized carbons (Fsp3) is 0.571. The van der Waals surface area contributed by atoms with Gasteiger partial charge in [-0.05, 0) is 11.6 Å². The normalized spacial score (nSPS) is 16.1. The van der Waals surface area contributed by atoms with E-state index < -0.39 is 12.8 Å². The summed E-state index contributed by atoms with van der Waals surface area (Å²) in [6, 6.07) is 2.98. The van der Waals surface area contributed by atoms with Gasteiger partial charge >= 0.3 is 6.18 Å². The number of ether oxygens (including phenoxy) is 2. The lowest BCUT2D eigenvalue weighted by molar-refractivity contribution is -0.154. The van der Waals surface area contributed by atoms with Gasteiger partial charge in [0, 0.05) is 31.9 Å². The number of alkyl halides is 3. The number of nitrogens with one attached hydrogen (secondary N) is 1. The summed E-state index contributed by atoms with van der Waals surface area (Å²) in [7, 11) is 0. The molecule has 0 radical (unpaired) electrons. The van der Waals surface area contributed by atoms with Crippen LogP contribution in [0.5, 0.6) is 5.88 Å². The molecule has 0 aromatic carbocycles. The Labute approximate surface area is 131 Å². The Balaban J connectivity index is 1.77. The van der Waals surface area contributed by atoms with Crippen LogP contribution in [0.15, 0.2) is 18.3 Å². The molecular formula is C14H18F3N3O3. The van der Waals surface area contributed by atoms with E-state index in [2.05, 4.69) is 15.0 Å². The molecule has 6 nitrogen and oxygen atoms in total. The predicted molar refractivity (Wildman–Crippen MR) is 74.9 cm³/mol. The predicted octanol–water partition coefficient (Wildman–Crippen LogP) is 0.971. The molecule has 0 saturated carbocycles. The summed E-state index contributed by atoms with van der Waals surface area (Å²) < 4.78 is 46.0. The molecule has 1 amide bonds. The number of hydrogen-bond acceptors (Lipinski definition) is 5. The third-order valence-electron chi connectivity index (χ3n) is 3.14. The molecule has 1 aliphatic heterocycles. The largest absolute Gasteiger partial charge is 0.468 e. The van der Waals surface area contributed by atoms with E-state index >= 15 is 0 Å². The van der Waals surface area contributed by atoms with Gasteiger partial charge in [0.05, 0.1) is 19.8 Å². The van der Waals surface area contributed by atoms with Gasteiger partial charge in [0.1, 0.15) is 0 Å². The SMILES string of the molecule is O=C(CN1CCOCC1)NCc1ccnc(OCC(F)(F)F)c1. The Morgan fingerprint density at radius 1 is 1.39 bits per heavy atom. The Kier molecular flexibility index (Phi) is 6.17. The van der Waals surface area contributed by atoms with E-state index in [9.17, 15) is 18.0 Å². The van der Waals surface area contributed by atoms with Crippen molar-refractivity contribution in [3.63, 3.8) is 0 Å². The maximum absolute atomic E-state index is 12.1. The molecule has 2 rings (SSSR count). The second-order valence-electron chi connectivity index (χ2n) is 5.07. The Morgan fingerprint density at radius 2 is 2.13 bits per heavy atom. The van der Waals surface area contributed by atoms with Crippen molar-refractivity contribution in [1.82, 2.24) is 15.2 Å². The van der Waals surface area contributed by atoms with Crippen LogP contribution in [0.1, 0.15) is 5.56 Å². The number of hydrogen-bond donors (Lipinski definition) is 1. The first kappa shape index (κ1) is 17.5. The summed E-state index contributed by atoms with van der Waals surface area (Å²) in [6.07, 6.45) is -3.07. The number of rotatable bonds is 6. The van der Waals surface area contributed by atoms with Crippen LogP contribution in [0.2, 0.25) is 0 Å². The van der Waals surface area contributed by atoms with Gasteiger partial charge in [-0.1, -0.05) is 0 Å². The maximum Gasteiger partial charge on any atom is 0.422 e. The summed E-state index contributed by atoms with van der Waals surface area (Å²) in [6.45, 7) is 1.71. The molecule has 9 heteroatoms. The lowest BCUT2D eigenvalue weighted by Gasteiger charge is -2.25. The number of halogens is 3. The zero-order chi connectivity index (χ0) is 16.7. The van der Waals surface area contributed by atoms with Crippen LogP contribution in [0.25, 0.3) is 0 Å². The minimum absolute atomic E-state index is 0.123. The van der Waals surface area contributed by atoms with Crippen LogP contribution in [0.3, 0.4) is 0 Å². The molecule has 1 N–H and O–H groups in total. The Morgan fingerprint density at radius 3 is 2.83 bits per heavy atom. The van der Waals surface area contributed by atoms with Crippen molar-refractivity contribution in [3.05, 3.63) is 23.9 Å². The van der Waals surface area contributed by atoms with Crippen molar-refractivity contribution in [2.24, 2.45) is 0 Å². The number of carbonyl (C=O) groups is 1. The van der Waals surface area contributed by atoms with Crippen molar-refractivity contribution < 1.29 is 27.4 Å². The number of morpholine rings is 1. The first-order valence-corrected chi connectivity index (χ1v) is 7.14. The quantitative estimate of drug-likeness (QED) is 0.840. The highest BCUT2D eigenvalue weighted by molar-refractivity contribution is 5.78. The minimum atomic E-state index is -4.41. The van der Waals surface area contributed by atoms with Crippen molar-refractivity contribution in [2.75, 3.05) is 39.5 Å². The van der Waals surface area contributed by atoms with E-state index in [0.717, 1.165) is 0 Å². The molecule has 1 aromatic rings. The zero-order valence-corrected chi connectivity index (χ0v) is 12.4. The lowest BCUT2D eigenvalue weighted by atomic mass is 10.2. The highest BCUT2D eigenvalue weighted by Gasteiger charge is 2.28. The molecule has 0 unspecified atom stereocenters. The monoisotopic (exact) mass is 333 g/mol. The second-order valence-corrected chi connectivity index (χ2v) is 5.07. The second kappa shape index (κ2) is 8.11. The Hall–Kier alpha value is -1.87. The number of nitrogens with zero attached hydrogens (tertiary/aromatic N) is 2. The summed E-state index contributed by atoms with van der Waals surface area (Å²) in [4.78, 5) is 17.5. The van der Waals surface area contributed by atoms with Crippen molar-refractivity contribution >= 4 is 5.91 Å².